The van der Waals surface area contributed by atoms with Gasteiger partial charge in [0.05, 0.1) is 12.6 Å². The van der Waals surface area contributed by atoms with Crippen molar-refractivity contribution in [2.75, 3.05) is 18.6 Å². The molecule has 0 saturated heterocycles. The number of carboxylic acids is 1. The molecule has 0 fully saturated rings. The molecule has 24 heavy (non-hydrogen) atoms. The number of nitrogens with zero attached hydrogens (tertiary/aromatic N) is 3. The molecule has 0 atom stereocenters. The van der Waals surface area contributed by atoms with Crippen molar-refractivity contribution in [1.29, 1.82) is 0 Å². The highest BCUT2D eigenvalue weighted by atomic mass is 16.5. The zero-order valence-electron chi connectivity index (χ0n) is 13.4. The van der Waals surface area contributed by atoms with Crippen molar-refractivity contribution >= 4 is 28.4 Å². The molecule has 0 radical (unpaired) electrons. The van der Waals surface area contributed by atoms with E-state index >= 15 is 0 Å². The maximum Gasteiger partial charge on any atom is 0.339 e. The minimum absolute atomic E-state index is 0.159. The molecular formula is C18H17N3O3. The molecule has 0 amide bonds. The van der Waals surface area contributed by atoms with Crippen LogP contribution in [0, 0.1) is 0 Å². The Morgan fingerprint density at radius 3 is 2.58 bits per heavy atom. The smallest absolute Gasteiger partial charge is 0.339 e. The Bertz CT molecular complexity index is 881. The predicted molar refractivity (Wildman–Crippen MR) is 92.2 cm³/mol. The van der Waals surface area contributed by atoms with Crippen molar-refractivity contribution in [3.63, 3.8) is 0 Å². The number of methoxy groups -OCH3 is 1. The van der Waals surface area contributed by atoms with E-state index in [1.807, 2.05) is 24.0 Å². The van der Waals surface area contributed by atoms with E-state index in [0.29, 0.717) is 23.6 Å². The maximum absolute atomic E-state index is 11.7. The molecule has 122 valence electrons. The molecule has 0 bridgehead atoms. The number of aromatic nitrogens is 2. The van der Waals surface area contributed by atoms with E-state index in [4.69, 9.17) is 4.74 Å². The van der Waals surface area contributed by atoms with Crippen LogP contribution < -0.4 is 9.64 Å². The van der Waals surface area contributed by atoms with E-state index in [1.165, 1.54) is 0 Å². The SMILES string of the molecule is CCN(c1ccncc1)c1nc2cc(OC)ccc2cc1C(=O)O. The van der Waals surface area contributed by atoms with Crippen LogP contribution in [0.2, 0.25) is 0 Å². The summed E-state index contributed by atoms with van der Waals surface area (Å²) in [6.07, 6.45) is 3.34. The summed E-state index contributed by atoms with van der Waals surface area (Å²) < 4.78 is 5.23. The molecule has 6 heteroatoms. The van der Waals surface area contributed by atoms with E-state index < -0.39 is 5.97 Å². The monoisotopic (exact) mass is 323 g/mol. The van der Waals surface area contributed by atoms with Gasteiger partial charge in [-0.1, -0.05) is 0 Å². The lowest BCUT2D eigenvalue weighted by atomic mass is 10.1. The fourth-order valence-corrected chi connectivity index (χ4v) is 2.61. The third-order valence-electron chi connectivity index (χ3n) is 3.78. The van der Waals surface area contributed by atoms with Gasteiger partial charge < -0.3 is 14.7 Å². The molecule has 0 aliphatic rings. The summed E-state index contributed by atoms with van der Waals surface area (Å²) in [5.74, 6) is 0.0654. The van der Waals surface area contributed by atoms with Gasteiger partial charge in [0.2, 0.25) is 0 Å². The van der Waals surface area contributed by atoms with Crippen molar-refractivity contribution < 1.29 is 14.6 Å². The zero-order chi connectivity index (χ0) is 17.1. The minimum Gasteiger partial charge on any atom is -0.497 e. The highest BCUT2D eigenvalue weighted by Gasteiger charge is 2.19. The summed E-state index contributed by atoms with van der Waals surface area (Å²) >= 11 is 0. The third kappa shape index (κ3) is 2.86. The van der Waals surface area contributed by atoms with Crippen molar-refractivity contribution in [3.8, 4) is 5.75 Å². The van der Waals surface area contributed by atoms with Crippen LogP contribution in [-0.2, 0) is 0 Å². The highest BCUT2D eigenvalue weighted by molar-refractivity contribution is 5.99. The summed E-state index contributed by atoms with van der Waals surface area (Å²) in [4.78, 5) is 22.2. The van der Waals surface area contributed by atoms with Gasteiger partial charge in [0, 0.05) is 36.1 Å². The van der Waals surface area contributed by atoms with Crippen LogP contribution in [0.4, 0.5) is 11.5 Å². The highest BCUT2D eigenvalue weighted by Crippen LogP contribution is 2.30. The minimum atomic E-state index is -1.01. The topological polar surface area (TPSA) is 75.5 Å². The third-order valence-corrected chi connectivity index (χ3v) is 3.78. The summed E-state index contributed by atoms with van der Waals surface area (Å²) in [7, 11) is 1.59. The number of benzene rings is 1. The van der Waals surface area contributed by atoms with Crippen LogP contribution in [0.15, 0.2) is 48.8 Å². The number of carboxylic acid groups (broad SMARTS) is 1. The number of rotatable bonds is 5. The average Bonchev–Trinajstić information content (AvgIpc) is 2.62. The Morgan fingerprint density at radius 1 is 1.21 bits per heavy atom. The maximum atomic E-state index is 11.7. The molecule has 0 unspecified atom stereocenters. The largest absolute Gasteiger partial charge is 0.497 e. The van der Waals surface area contributed by atoms with Gasteiger partial charge in [-0.25, -0.2) is 9.78 Å². The first-order valence-electron chi connectivity index (χ1n) is 7.53. The number of ether oxygens (including phenoxy) is 1. The zero-order valence-corrected chi connectivity index (χ0v) is 13.4. The molecule has 2 heterocycles. The quantitative estimate of drug-likeness (QED) is 0.774. The van der Waals surface area contributed by atoms with Crippen molar-refractivity contribution in [3.05, 3.63) is 54.4 Å². The molecule has 1 N–H and O–H groups in total. The van der Waals surface area contributed by atoms with Crippen molar-refractivity contribution in [1.82, 2.24) is 9.97 Å². The normalized spacial score (nSPS) is 10.6. The average molecular weight is 323 g/mol. The van der Waals surface area contributed by atoms with Gasteiger partial charge in [-0.15, -0.1) is 0 Å². The molecule has 3 aromatic rings. The van der Waals surface area contributed by atoms with Gasteiger partial charge in [-0.3, -0.25) is 4.98 Å². The summed E-state index contributed by atoms with van der Waals surface area (Å²) in [5.41, 5.74) is 1.68. The molecule has 1 aromatic carbocycles. The molecule has 0 aliphatic carbocycles. The van der Waals surface area contributed by atoms with E-state index in [9.17, 15) is 9.90 Å². The van der Waals surface area contributed by atoms with Crippen LogP contribution in [0.3, 0.4) is 0 Å². The Hall–Kier alpha value is -3.15. The van der Waals surface area contributed by atoms with E-state index in [-0.39, 0.29) is 5.56 Å². The number of anilines is 2. The Morgan fingerprint density at radius 2 is 1.96 bits per heavy atom. The van der Waals surface area contributed by atoms with Gasteiger partial charge >= 0.3 is 5.97 Å². The van der Waals surface area contributed by atoms with Crippen LogP contribution in [-0.4, -0.2) is 34.7 Å². The Labute approximate surface area is 139 Å². The van der Waals surface area contributed by atoms with Gasteiger partial charge in [0.1, 0.15) is 17.1 Å². The van der Waals surface area contributed by atoms with Gasteiger partial charge in [-0.05, 0) is 37.3 Å². The van der Waals surface area contributed by atoms with E-state index in [2.05, 4.69) is 9.97 Å². The van der Waals surface area contributed by atoms with Crippen LogP contribution >= 0.6 is 0 Å². The first-order valence-corrected chi connectivity index (χ1v) is 7.53. The standard InChI is InChI=1S/C18H17N3O3/c1-3-21(13-6-8-19-9-7-13)17-15(18(22)23)10-12-4-5-14(24-2)11-16(12)20-17/h4-11H,3H2,1-2H3,(H,22,23). The van der Waals surface area contributed by atoms with Gasteiger partial charge in [-0.2, -0.15) is 0 Å². The molecule has 3 rings (SSSR count). The number of hydrogen-bond donors (Lipinski definition) is 1. The van der Waals surface area contributed by atoms with Gasteiger partial charge in [0.25, 0.3) is 0 Å². The summed E-state index contributed by atoms with van der Waals surface area (Å²) in [6, 6.07) is 10.7. The number of hydrogen-bond acceptors (Lipinski definition) is 5. The second-order valence-electron chi connectivity index (χ2n) is 5.17. The van der Waals surface area contributed by atoms with Crippen molar-refractivity contribution in [2.24, 2.45) is 0 Å². The summed E-state index contributed by atoms with van der Waals surface area (Å²) in [5, 5.41) is 10.4. The molecule has 0 aliphatic heterocycles. The van der Waals surface area contributed by atoms with Gasteiger partial charge in [0.15, 0.2) is 0 Å². The second-order valence-corrected chi connectivity index (χ2v) is 5.17. The molecule has 0 spiro atoms. The fraction of sp³-hybridized carbons (Fsp3) is 0.167. The van der Waals surface area contributed by atoms with Crippen LogP contribution in [0.1, 0.15) is 17.3 Å². The lowest BCUT2D eigenvalue weighted by Gasteiger charge is -2.24. The van der Waals surface area contributed by atoms with Crippen molar-refractivity contribution in [2.45, 2.75) is 6.92 Å². The molecular weight excluding hydrogens is 306 g/mol. The Kier molecular flexibility index (Phi) is 4.29. The molecule has 2 aromatic heterocycles. The predicted octanol–water partition coefficient (Wildman–Crippen LogP) is 3.49. The number of fused-ring (bicyclic) bond motifs is 1. The van der Waals surface area contributed by atoms with E-state index in [0.717, 1.165) is 11.1 Å². The first kappa shape index (κ1) is 15.7. The second kappa shape index (κ2) is 6.54. The first-order chi connectivity index (χ1) is 11.6. The number of pyridine rings is 2. The Balaban J connectivity index is 2.23. The van der Waals surface area contributed by atoms with E-state index in [1.54, 1.807) is 43.8 Å². The lowest BCUT2D eigenvalue weighted by Crippen LogP contribution is -2.20. The number of carbonyl (C=O) groups is 1. The fourth-order valence-electron chi connectivity index (χ4n) is 2.61. The van der Waals surface area contributed by atoms with Crippen LogP contribution in [0.5, 0.6) is 5.75 Å². The van der Waals surface area contributed by atoms with Crippen LogP contribution in [0.25, 0.3) is 10.9 Å². The molecule has 0 saturated carbocycles. The summed E-state index contributed by atoms with van der Waals surface area (Å²) in [6.45, 7) is 2.52. The molecule has 6 nitrogen and oxygen atoms in total. The lowest BCUT2D eigenvalue weighted by molar-refractivity contribution is 0.0697. The number of aromatic carboxylic acids is 1.